The summed E-state index contributed by atoms with van der Waals surface area (Å²) in [7, 11) is 0. The molecule has 0 spiro atoms. The SMILES string of the molecule is CC(C)(C)C12CCC(CC(C=O)C1)N2. The highest BCUT2D eigenvalue weighted by Gasteiger charge is 2.51. The van der Waals surface area contributed by atoms with E-state index in [1.807, 2.05) is 0 Å². The molecule has 80 valence electrons. The number of piperidine rings is 1. The summed E-state index contributed by atoms with van der Waals surface area (Å²) in [4.78, 5) is 10.9. The van der Waals surface area contributed by atoms with Gasteiger partial charge in [0.15, 0.2) is 0 Å². The Kier molecular flexibility index (Phi) is 2.22. The summed E-state index contributed by atoms with van der Waals surface area (Å²) in [6.45, 7) is 6.86. The van der Waals surface area contributed by atoms with Crippen molar-refractivity contribution < 1.29 is 4.79 Å². The van der Waals surface area contributed by atoms with Gasteiger partial charge in [-0.3, -0.25) is 0 Å². The van der Waals surface area contributed by atoms with Gasteiger partial charge in [0.2, 0.25) is 0 Å². The van der Waals surface area contributed by atoms with Gasteiger partial charge in [0, 0.05) is 17.5 Å². The van der Waals surface area contributed by atoms with Gasteiger partial charge in [-0.05, 0) is 31.1 Å². The summed E-state index contributed by atoms with van der Waals surface area (Å²) in [6, 6.07) is 0.596. The molecule has 0 saturated carbocycles. The first-order valence-electron chi connectivity index (χ1n) is 5.70. The number of hydrogen-bond donors (Lipinski definition) is 1. The second-order valence-corrected chi connectivity index (χ2v) is 6.05. The van der Waals surface area contributed by atoms with E-state index < -0.39 is 0 Å². The van der Waals surface area contributed by atoms with E-state index in [0.717, 1.165) is 12.8 Å². The zero-order chi connectivity index (χ0) is 10.4. The first-order chi connectivity index (χ1) is 6.47. The molecule has 0 aromatic rings. The molecule has 2 bridgehead atoms. The Balaban J connectivity index is 2.23. The van der Waals surface area contributed by atoms with Crippen molar-refractivity contribution in [1.82, 2.24) is 5.32 Å². The van der Waals surface area contributed by atoms with E-state index in [0.29, 0.717) is 12.0 Å². The van der Waals surface area contributed by atoms with Crippen LogP contribution in [-0.2, 0) is 4.79 Å². The third-order valence-corrected chi connectivity index (χ3v) is 4.23. The van der Waals surface area contributed by atoms with Crippen molar-refractivity contribution in [3.05, 3.63) is 0 Å². The van der Waals surface area contributed by atoms with Crippen LogP contribution in [0.5, 0.6) is 0 Å². The second kappa shape index (κ2) is 3.06. The van der Waals surface area contributed by atoms with Crippen molar-refractivity contribution in [1.29, 1.82) is 0 Å². The van der Waals surface area contributed by atoms with Crippen LogP contribution in [0.3, 0.4) is 0 Å². The largest absolute Gasteiger partial charge is 0.308 e. The highest BCUT2D eigenvalue weighted by molar-refractivity contribution is 5.54. The average Bonchev–Trinajstić information content (AvgIpc) is 2.42. The summed E-state index contributed by atoms with van der Waals surface area (Å²) in [5.41, 5.74) is 0.491. The molecule has 2 aliphatic rings. The lowest BCUT2D eigenvalue weighted by molar-refractivity contribution is -0.113. The number of aldehydes is 1. The Morgan fingerprint density at radius 2 is 2.14 bits per heavy atom. The molecule has 2 heterocycles. The molecule has 2 saturated heterocycles. The van der Waals surface area contributed by atoms with Gasteiger partial charge in [0.25, 0.3) is 0 Å². The molecule has 3 unspecified atom stereocenters. The molecule has 0 radical (unpaired) electrons. The molecule has 0 aliphatic carbocycles. The molecule has 2 nitrogen and oxygen atoms in total. The lowest BCUT2D eigenvalue weighted by Crippen LogP contribution is -2.57. The van der Waals surface area contributed by atoms with Crippen LogP contribution in [0.25, 0.3) is 0 Å². The smallest absolute Gasteiger partial charge is 0.123 e. The zero-order valence-electron chi connectivity index (χ0n) is 9.47. The molecule has 0 amide bonds. The zero-order valence-corrected chi connectivity index (χ0v) is 9.47. The van der Waals surface area contributed by atoms with Crippen LogP contribution >= 0.6 is 0 Å². The predicted octanol–water partition coefficient (Wildman–Crippen LogP) is 2.13. The minimum Gasteiger partial charge on any atom is -0.308 e. The van der Waals surface area contributed by atoms with Crippen molar-refractivity contribution in [3.8, 4) is 0 Å². The number of fused-ring (bicyclic) bond motifs is 2. The molecule has 14 heavy (non-hydrogen) atoms. The van der Waals surface area contributed by atoms with E-state index in [1.54, 1.807) is 0 Å². The summed E-state index contributed by atoms with van der Waals surface area (Å²) >= 11 is 0. The third-order valence-electron chi connectivity index (χ3n) is 4.23. The van der Waals surface area contributed by atoms with Crippen LogP contribution < -0.4 is 5.32 Å². The second-order valence-electron chi connectivity index (χ2n) is 6.05. The van der Waals surface area contributed by atoms with Gasteiger partial charge < -0.3 is 10.1 Å². The van der Waals surface area contributed by atoms with Gasteiger partial charge in [-0.1, -0.05) is 20.8 Å². The first-order valence-corrected chi connectivity index (χ1v) is 5.70. The minimum atomic E-state index is 0.224. The molecule has 3 atom stereocenters. The van der Waals surface area contributed by atoms with E-state index >= 15 is 0 Å². The number of carbonyl (C=O) groups is 1. The summed E-state index contributed by atoms with van der Waals surface area (Å²) in [6.07, 6.45) is 5.75. The summed E-state index contributed by atoms with van der Waals surface area (Å²) < 4.78 is 0. The Morgan fingerprint density at radius 1 is 1.43 bits per heavy atom. The van der Waals surface area contributed by atoms with E-state index in [1.165, 1.54) is 19.1 Å². The third kappa shape index (κ3) is 1.40. The summed E-state index contributed by atoms with van der Waals surface area (Å²) in [5.74, 6) is 0.294. The van der Waals surface area contributed by atoms with Crippen LogP contribution in [0.1, 0.15) is 46.5 Å². The van der Waals surface area contributed by atoms with Crippen LogP contribution in [0.2, 0.25) is 0 Å². The Hall–Kier alpha value is -0.370. The Bertz CT molecular complexity index is 243. The van der Waals surface area contributed by atoms with E-state index in [9.17, 15) is 4.79 Å². The molecule has 2 rings (SSSR count). The van der Waals surface area contributed by atoms with Gasteiger partial charge in [0.1, 0.15) is 6.29 Å². The van der Waals surface area contributed by atoms with Gasteiger partial charge in [-0.25, -0.2) is 0 Å². The predicted molar refractivity (Wildman–Crippen MR) is 57.1 cm³/mol. The van der Waals surface area contributed by atoms with Crippen molar-refractivity contribution in [2.24, 2.45) is 11.3 Å². The van der Waals surface area contributed by atoms with Gasteiger partial charge in [-0.15, -0.1) is 0 Å². The van der Waals surface area contributed by atoms with Crippen LogP contribution in [0, 0.1) is 11.3 Å². The molecule has 1 N–H and O–H groups in total. The van der Waals surface area contributed by atoms with Crippen LogP contribution in [0.15, 0.2) is 0 Å². The molecular formula is C12H21NO. The lowest BCUT2D eigenvalue weighted by Gasteiger charge is -2.47. The molecule has 0 aromatic carbocycles. The fraction of sp³-hybridized carbons (Fsp3) is 0.917. The van der Waals surface area contributed by atoms with Gasteiger partial charge >= 0.3 is 0 Å². The van der Waals surface area contributed by atoms with Crippen LogP contribution in [-0.4, -0.2) is 17.9 Å². The topological polar surface area (TPSA) is 29.1 Å². The van der Waals surface area contributed by atoms with Gasteiger partial charge in [-0.2, -0.15) is 0 Å². The first kappa shape index (κ1) is 10.2. The fourth-order valence-electron chi connectivity index (χ4n) is 3.19. The standard InChI is InChI=1S/C12H21NO/c1-11(2,3)12-5-4-10(13-12)6-9(7-12)8-14/h8-10,13H,4-7H2,1-3H3. The molecule has 0 aromatic heterocycles. The highest BCUT2D eigenvalue weighted by atomic mass is 16.1. The van der Waals surface area contributed by atoms with E-state index in [-0.39, 0.29) is 11.0 Å². The van der Waals surface area contributed by atoms with E-state index in [4.69, 9.17) is 0 Å². The maximum atomic E-state index is 10.9. The molecule has 2 fully saturated rings. The normalized spacial score (nSPS) is 42.5. The molecule has 2 heteroatoms. The lowest BCUT2D eigenvalue weighted by atomic mass is 9.67. The number of rotatable bonds is 1. The Labute approximate surface area is 86.5 Å². The van der Waals surface area contributed by atoms with Crippen LogP contribution in [0.4, 0.5) is 0 Å². The number of hydrogen-bond acceptors (Lipinski definition) is 2. The van der Waals surface area contributed by atoms with Crippen molar-refractivity contribution in [2.45, 2.75) is 58.0 Å². The highest BCUT2D eigenvalue weighted by Crippen LogP contribution is 2.47. The van der Waals surface area contributed by atoms with E-state index in [2.05, 4.69) is 26.1 Å². The minimum absolute atomic E-state index is 0.224. The van der Waals surface area contributed by atoms with Crippen molar-refractivity contribution >= 4 is 6.29 Å². The van der Waals surface area contributed by atoms with Crippen molar-refractivity contribution in [3.63, 3.8) is 0 Å². The Morgan fingerprint density at radius 3 is 2.71 bits per heavy atom. The molecular weight excluding hydrogens is 174 g/mol. The monoisotopic (exact) mass is 195 g/mol. The fourth-order valence-corrected chi connectivity index (χ4v) is 3.19. The maximum absolute atomic E-state index is 10.9. The van der Waals surface area contributed by atoms with Crippen molar-refractivity contribution in [2.75, 3.05) is 0 Å². The number of nitrogens with one attached hydrogen (secondary N) is 1. The summed E-state index contributed by atoms with van der Waals surface area (Å²) in [5, 5.41) is 3.75. The molecule has 2 aliphatic heterocycles. The maximum Gasteiger partial charge on any atom is 0.123 e. The average molecular weight is 195 g/mol. The van der Waals surface area contributed by atoms with Gasteiger partial charge in [0.05, 0.1) is 0 Å². The number of carbonyl (C=O) groups excluding carboxylic acids is 1. The quantitative estimate of drug-likeness (QED) is 0.649.